The lowest BCUT2D eigenvalue weighted by Gasteiger charge is -2.12. The van der Waals surface area contributed by atoms with Gasteiger partial charge in [-0.3, -0.25) is 0 Å². The predicted molar refractivity (Wildman–Crippen MR) is 153 cm³/mol. The van der Waals surface area contributed by atoms with Crippen molar-refractivity contribution in [2.24, 2.45) is 0 Å². The molecule has 0 aromatic heterocycles. The summed E-state index contributed by atoms with van der Waals surface area (Å²) in [5.74, 6) is -0.744. The van der Waals surface area contributed by atoms with Gasteiger partial charge in [-0.15, -0.1) is 0 Å². The van der Waals surface area contributed by atoms with E-state index in [1.54, 1.807) is 55.5 Å². The molecule has 0 atom stereocenters. The quantitative estimate of drug-likeness (QED) is 0.106. The zero-order valence-corrected chi connectivity index (χ0v) is 22.4. The molecule has 0 saturated heterocycles. The van der Waals surface area contributed by atoms with Crippen molar-refractivity contribution < 1.29 is 38.4 Å². The summed E-state index contributed by atoms with van der Waals surface area (Å²) >= 11 is 0. The lowest BCUT2D eigenvalue weighted by molar-refractivity contribution is -0.145. The fourth-order valence-corrected chi connectivity index (χ4v) is 3.91. The van der Waals surface area contributed by atoms with E-state index in [4.69, 9.17) is 18.9 Å². The molecule has 0 amide bonds. The van der Waals surface area contributed by atoms with Gasteiger partial charge in [0.05, 0.1) is 12.2 Å². The Kier molecular flexibility index (Phi) is 9.29. The number of carbonyl (C=O) groups is 3. The zero-order chi connectivity index (χ0) is 29.4. The molecule has 0 saturated carbocycles. The van der Waals surface area contributed by atoms with E-state index in [0.29, 0.717) is 28.2 Å². The summed E-state index contributed by atoms with van der Waals surface area (Å²) in [5, 5.41) is 11.6. The predicted octanol–water partition coefficient (Wildman–Crippen LogP) is 5.90. The van der Waals surface area contributed by atoms with Gasteiger partial charge >= 0.3 is 17.9 Å². The third-order valence-corrected chi connectivity index (χ3v) is 6.08. The second kappa shape index (κ2) is 13.2. The Balaban J connectivity index is 1.46. The molecule has 0 bridgehead atoms. The van der Waals surface area contributed by atoms with Crippen LogP contribution in [0.3, 0.4) is 0 Å². The Morgan fingerprint density at radius 1 is 0.854 bits per heavy atom. The van der Waals surface area contributed by atoms with Gasteiger partial charge in [0.1, 0.15) is 18.1 Å². The minimum atomic E-state index is -0.568. The van der Waals surface area contributed by atoms with Crippen LogP contribution in [0.1, 0.15) is 28.4 Å². The highest BCUT2D eigenvalue weighted by atomic mass is 16.7. The number of aliphatic hydroxyl groups is 1. The van der Waals surface area contributed by atoms with Crippen molar-refractivity contribution in [2.75, 3.05) is 6.79 Å². The monoisotopic (exact) mass is 552 g/mol. The van der Waals surface area contributed by atoms with Crippen LogP contribution in [0.5, 0.6) is 11.5 Å². The summed E-state index contributed by atoms with van der Waals surface area (Å²) in [7, 11) is 0. The maximum absolute atomic E-state index is 12.9. The first kappa shape index (κ1) is 28.8. The van der Waals surface area contributed by atoms with Gasteiger partial charge in [-0.05, 0) is 82.4 Å². The van der Waals surface area contributed by atoms with E-state index in [2.05, 4.69) is 13.2 Å². The Bertz CT molecular complexity index is 1600. The average molecular weight is 553 g/mol. The fourth-order valence-electron chi connectivity index (χ4n) is 3.91. The van der Waals surface area contributed by atoms with E-state index in [1.165, 1.54) is 0 Å². The zero-order valence-electron chi connectivity index (χ0n) is 22.4. The Labute approximate surface area is 237 Å². The molecule has 8 nitrogen and oxygen atoms in total. The van der Waals surface area contributed by atoms with Gasteiger partial charge in [-0.2, -0.15) is 0 Å². The van der Waals surface area contributed by atoms with Crippen molar-refractivity contribution in [3.63, 3.8) is 0 Å². The van der Waals surface area contributed by atoms with Crippen molar-refractivity contribution in [3.8, 4) is 22.6 Å². The van der Waals surface area contributed by atoms with E-state index in [-0.39, 0.29) is 20.0 Å². The molecule has 0 fully saturated rings. The third-order valence-electron chi connectivity index (χ3n) is 6.08. The first-order chi connectivity index (χ1) is 19.8. The number of rotatable bonds is 11. The SMILES string of the molecule is C=CC(=O)OCc1ccc(OC(=O)c2cc(CO)c3cc(-c4ccc(OCOC(=O)C(=C)C)cc4)ccc3c2)cc1. The van der Waals surface area contributed by atoms with Crippen molar-refractivity contribution in [3.05, 3.63) is 120 Å². The van der Waals surface area contributed by atoms with Crippen LogP contribution in [0.4, 0.5) is 0 Å². The van der Waals surface area contributed by atoms with Crippen molar-refractivity contribution >= 4 is 28.7 Å². The molecule has 41 heavy (non-hydrogen) atoms. The van der Waals surface area contributed by atoms with E-state index in [9.17, 15) is 19.5 Å². The first-order valence-electron chi connectivity index (χ1n) is 12.6. The maximum Gasteiger partial charge on any atom is 0.343 e. The van der Waals surface area contributed by atoms with Gasteiger partial charge in [-0.1, -0.05) is 49.6 Å². The number of benzene rings is 4. The summed E-state index contributed by atoms with van der Waals surface area (Å²) in [6, 6.07) is 22.9. The molecule has 0 heterocycles. The Hall–Kier alpha value is -5.21. The minimum absolute atomic E-state index is 0.0799. The van der Waals surface area contributed by atoms with Crippen LogP contribution in [0.2, 0.25) is 0 Å². The molecular weight excluding hydrogens is 524 g/mol. The number of aliphatic hydroxyl groups excluding tert-OH is 1. The molecule has 0 aliphatic carbocycles. The second-order valence-electron chi connectivity index (χ2n) is 9.07. The molecule has 0 radical (unpaired) electrons. The summed E-state index contributed by atoms with van der Waals surface area (Å²) < 4.78 is 20.9. The molecule has 8 heteroatoms. The number of esters is 3. The molecule has 208 valence electrons. The standard InChI is InChI=1S/C33H28O8/c1-4-31(35)38-19-22-5-11-29(12-6-22)41-33(37)26-15-25-8-7-24(17-30(25)27(16-26)18-34)23-9-13-28(14-10-23)39-20-40-32(36)21(2)3/h4-17,34H,1-2,18-20H2,3H3. The van der Waals surface area contributed by atoms with Crippen LogP contribution in [-0.2, 0) is 32.3 Å². The molecule has 0 aliphatic rings. The lowest BCUT2D eigenvalue weighted by atomic mass is 9.96. The summed E-state index contributed by atoms with van der Waals surface area (Å²) in [6.07, 6.45) is 1.09. The van der Waals surface area contributed by atoms with Crippen LogP contribution >= 0.6 is 0 Å². The number of ether oxygens (including phenoxy) is 4. The number of carbonyl (C=O) groups excluding carboxylic acids is 3. The van der Waals surface area contributed by atoms with Crippen LogP contribution < -0.4 is 9.47 Å². The van der Waals surface area contributed by atoms with Crippen molar-refractivity contribution in [1.29, 1.82) is 0 Å². The highest BCUT2D eigenvalue weighted by Gasteiger charge is 2.14. The molecule has 0 aliphatic heterocycles. The number of fused-ring (bicyclic) bond motifs is 1. The molecule has 4 aromatic carbocycles. The van der Waals surface area contributed by atoms with Crippen LogP contribution in [0, 0.1) is 0 Å². The summed E-state index contributed by atoms with van der Waals surface area (Å²) in [4.78, 5) is 35.6. The Morgan fingerprint density at radius 2 is 1.54 bits per heavy atom. The maximum atomic E-state index is 12.9. The lowest BCUT2D eigenvalue weighted by Crippen LogP contribution is -2.10. The second-order valence-corrected chi connectivity index (χ2v) is 9.07. The van der Waals surface area contributed by atoms with Gasteiger partial charge in [0, 0.05) is 11.6 Å². The van der Waals surface area contributed by atoms with Crippen molar-refractivity contribution in [2.45, 2.75) is 20.1 Å². The summed E-state index contributed by atoms with van der Waals surface area (Å²) in [5.41, 5.74) is 3.72. The smallest absolute Gasteiger partial charge is 0.343 e. The molecular formula is C33H28O8. The van der Waals surface area contributed by atoms with Crippen LogP contribution in [0.25, 0.3) is 21.9 Å². The van der Waals surface area contributed by atoms with Crippen molar-refractivity contribution in [1.82, 2.24) is 0 Å². The first-order valence-corrected chi connectivity index (χ1v) is 12.6. The Morgan fingerprint density at radius 3 is 2.20 bits per heavy atom. The highest BCUT2D eigenvalue weighted by Crippen LogP contribution is 2.30. The molecule has 4 rings (SSSR count). The van der Waals surface area contributed by atoms with E-state index in [0.717, 1.165) is 33.5 Å². The van der Waals surface area contributed by atoms with Gasteiger partial charge in [0.15, 0.2) is 0 Å². The molecule has 1 N–H and O–H groups in total. The normalized spacial score (nSPS) is 10.5. The van der Waals surface area contributed by atoms with E-state index in [1.807, 2.05) is 30.3 Å². The molecule has 0 unspecified atom stereocenters. The third kappa shape index (κ3) is 7.46. The minimum Gasteiger partial charge on any atom is -0.458 e. The molecule has 4 aromatic rings. The van der Waals surface area contributed by atoms with Gasteiger partial charge < -0.3 is 24.1 Å². The van der Waals surface area contributed by atoms with E-state index >= 15 is 0 Å². The summed E-state index contributed by atoms with van der Waals surface area (Å²) in [6.45, 7) is 8.03. The highest BCUT2D eigenvalue weighted by molar-refractivity contribution is 5.99. The average Bonchev–Trinajstić information content (AvgIpc) is 2.99. The topological polar surface area (TPSA) is 108 Å². The number of hydrogen-bond donors (Lipinski definition) is 1. The fraction of sp³-hybridized carbons (Fsp3) is 0.121. The van der Waals surface area contributed by atoms with E-state index < -0.39 is 17.9 Å². The van der Waals surface area contributed by atoms with Crippen LogP contribution in [0.15, 0.2) is 104 Å². The van der Waals surface area contributed by atoms with Gasteiger partial charge in [-0.25, -0.2) is 14.4 Å². The van der Waals surface area contributed by atoms with Gasteiger partial charge in [0.25, 0.3) is 0 Å². The number of hydrogen-bond acceptors (Lipinski definition) is 8. The molecule has 0 spiro atoms. The van der Waals surface area contributed by atoms with Crippen LogP contribution in [-0.4, -0.2) is 29.8 Å². The largest absolute Gasteiger partial charge is 0.458 e. The van der Waals surface area contributed by atoms with Gasteiger partial charge in [0.2, 0.25) is 6.79 Å².